The molecule has 274 valence electrons. The molecule has 0 bridgehead atoms. The van der Waals surface area contributed by atoms with E-state index >= 15 is 0 Å². The predicted molar refractivity (Wildman–Crippen MR) is 225 cm³/mol. The van der Waals surface area contributed by atoms with E-state index in [0.717, 1.165) is 54.9 Å². The monoisotopic (exact) mass is 842 g/mol. The topological polar surface area (TPSA) is 44.9 Å². The number of pyridine rings is 1. The quantitative estimate of drug-likeness (QED) is 0.124. The van der Waals surface area contributed by atoms with Gasteiger partial charge in [-0.25, -0.2) is 4.98 Å². The summed E-state index contributed by atoms with van der Waals surface area (Å²) in [6.07, 6.45) is 2.07. The van der Waals surface area contributed by atoms with Crippen LogP contribution in [-0.4, -0.2) is 19.1 Å². The van der Waals surface area contributed by atoms with Gasteiger partial charge in [0.2, 0.25) is 0 Å². The molecule has 0 aliphatic carbocycles. The molecule has 0 unspecified atom stereocenters. The van der Waals surface area contributed by atoms with Gasteiger partial charge < -0.3 is 13.9 Å². The van der Waals surface area contributed by atoms with Gasteiger partial charge in [-0.05, 0) is 46.5 Å². The van der Waals surface area contributed by atoms with Crippen LogP contribution in [0.15, 0.2) is 186 Å². The standard InChI is InChI=1S/C50H32N4OS.Pd/c1-53-43-28-12-10-26-41(43)52-48(53)33-16-14-22-37(30-33)55-38-23-15-21-36(31-38)54-42-27-11-8-24-39(42)46-47-45(32-51-49(46)54)56-44-29-13-9-25-40(44)50(47,34-17-4-2-5-18-34)35-19-6-3-7-20-35;/h2-29,32H,1H3;/q-2;+2. The first-order chi connectivity index (χ1) is 27.7. The number of para-hydroxylation sites is 3. The van der Waals surface area contributed by atoms with Crippen LogP contribution >= 0.6 is 11.8 Å². The van der Waals surface area contributed by atoms with Gasteiger partial charge in [0, 0.05) is 45.3 Å². The molecule has 1 aliphatic heterocycles. The van der Waals surface area contributed by atoms with Crippen LogP contribution in [0, 0.1) is 12.1 Å². The zero-order chi connectivity index (χ0) is 37.2. The summed E-state index contributed by atoms with van der Waals surface area (Å²) in [6.45, 7) is 0. The van der Waals surface area contributed by atoms with Crippen LogP contribution in [0.2, 0.25) is 0 Å². The van der Waals surface area contributed by atoms with Crippen LogP contribution in [0.4, 0.5) is 0 Å². The van der Waals surface area contributed by atoms with E-state index in [1.807, 2.05) is 55.6 Å². The minimum absolute atomic E-state index is 0. The summed E-state index contributed by atoms with van der Waals surface area (Å²) < 4.78 is 10.8. The Hall–Kier alpha value is -6.23. The largest absolute Gasteiger partial charge is 2.00 e. The first-order valence-corrected chi connectivity index (χ1v) is 19.5. The third-order valence-electron chi connectivity index (χ3n) is 11.0. The van der Waals surface area contributed by atoms with Crippen LogP contribution in [0.5, 0.6) is 11.5 Å². The molecule has 0 radical (unpaired) electrons. The second-order valence-corrected chi connectivity index (χ2v) is 15.1. The number of hydrogen-bond acceptors (Lipinski definition) is 4. The fourth-order valence-electron chi connectivity index (χ4n) is 8.63. The second kappa shape index (κ2) is 14.1. The van der Waals surface area contributed by atoms with E-state index < -0.39 is 5.41 Å². The summed E-state index contributed by atoms with van der Waals surface area (Å²) in [5.74, 6) is 2.00. The van der Waals surface area contributed by atoms with Gasteiger partial charge >= 0.3 is 20.4 Å². The maximum atomic E-state index is 6.51. The third kappa shape index (κ3) is 5.50. The average molecular weight is 843 g/mol. The molecule has 5 nitrogen and oxygen atoms in total. The number of hydrogen-bond donors (Lipinski definition) is 0. The molecule has 4 heterocycles. The van der Waals surface area contributed by atoms with Gasteiger partial charge in [0.25, 0.3) is 0 Å². The fraction of sp³-hybridized carbons (Fsp3) is 0.0400. The van der Waals surface area contributed by atoms with Gasteiger partial charge in [-0.3, -0.25) is 4.98 Å². The van der Waals surface area contributed by atoms with Crippen LogP contribution in [0.25, 0.3) is 50.0 Å². The first kappa shape index (κ1) is 35.2. The van der Waals surface area contributed by atoms with E-state index in [1.165, 1.54) is 27.1 Å². The molecule has 57 heavy (non-hydrogen) atoms. The third-order valence-corrected chi connectivity index (χ3v) is 12.1. The molecule has 7 aromatic carbocycles. The van der Waals surface area contributed by atoms with Gasteiger partial charge in [-0.1, -0.05) is 133 Å². The number of aryl methyl sites for hydroxylation is 1. The molecule has 11 rings (SSSR count). The Morgan fingerprint density at radius 2 is 1.26 bits per heavy atom. The molecule has 10 aromatic rings. The average Bonchev–Trinajstić information content (AvgIpc) is 3.78. The summed E-state index contributed by atoms with van der Waals surface area (Å²) in [5, 5.41) is 2.25. The predicted octanol–water partition coefficient (Wildman–Crippen LogP) is 12.0. The Balaban J connectivity index is 0.00000396. The number of rotatable bonds is 6. The second-order valence-electron chi connectivity index (χ2n) is 14.0. The van der Waals surface area contributed by atoms with Gasteiger partial charge in [0.15, 0.2) is 0 Å². The van der Waals surface area contributed by atoms with E-state index in [1.54, 1.807) is 11.8 Å². The molecule has 0 atom stereocenters. The Morgan fingerprint density at radius 1 is 0.614 bits per heavy atom. The van der Waals surface area contributed by atoms with E-state index in [4.69, 9.17) is 14.7 Å². The molecule has 0 fully saturated rings. The van der Waals surface area contributed by atoms with Crippen molar-refractivity contribution in [2.24, 2.45) is 7.05 Å². The molecule has 0 saturated heterocycles. The van der Waals surface area contributed by atoms with Crippen LogP contribution in [-0.2, 0) is 32.9 Å². The number of nitrogens with zero attached hydrogens (tertiary/aromatic N) is 4. The summed E-state index contributed by atoms with van der Waals surface area (Å²) >= 11 is 1.80. The molecule has 0 spiro atoms. The number of ether oxygens (including phenoxy) is 1. The Kier molecular flexibility index (Phi) is 8.68. The molecule has 7 heteroatoms. The maximum absolute atomic E-state index is 6.51. The smallest absolute Gasteiger partial charge is 0.503 e. The van der Waals surface area contributed by atoms with Gasteiger partial charge in [0.1, 0.15) is 5.65 Å². The van der Waals surface area contributed by atoms with Gasteiger partial charge in [0.05, 0.1) is 27.8 Å². The molecule has 0 saturated carbocycles. The van der Waals surface area contributed by atoms with Gasteiger partial charge in [-0.15, -0.1) is 42.0 Å². The van der Waals surface area contributed by atoms with E-state index in [9.17, 15) is 0 Å². The summed E-state index contributed by atoms with van der Waals surface area (Å²) in [5.41, 5.74) is 9.93. The fourth-order valence-corrected chi connectivity index (χ4v) is 9.80. The zero-order valence-corrected chi connectivity index (χ0v) is 33.0. The summed E-state index contributed by atoms with van der Waals surface area (Å²) in [6, 6.07) is 66.5. The minimum Gasteiger partial charge on any atom is -0.503 e. The van der Waals surface area contributed by atoms with Crippen molar-refractivity contribution in [1.82, 2.24) is 19.1 Å². The number of imidazole rings is 1. The Bertz CT molecular complexity index is 3080. The summed E-state index contributed by atoms with van der Waals surface area (Å²) in [4.78, 5) is 12.5. The van der Waals surface area contributed by atoms with Crippen molar-refractivity contribution >= 4 is 44.7 Å². The van der Waals surface area contributed by atoms with E-state index in [2.05, 4.69) is 149 Å². The molecule has 0 amide bonds. The molecular weight excluding hydrogens is 811 g/mol. The normalized spacial score (nSPS) is 12.9. The van der Waals surface area contributed by atoms with Crippen molar-refractivity contribution in [3.8, 4) is 28.6 Å². The maximum Gasteiger partial charge on any atom is 2.00 e. The number of fused-ring (bicyclic) bond motifs is 7. The first-order valence-electron chi connectivity index (χ1n) is 18.6. The Labute approximate surface area is 348 Å². The molecular formula is C50H32N4OPdS. The van der Waals surface area contributed by atoms with Crippen molar-refractivity contribution in [1.29, 1.82) is 0 Å². The molecule has 0 N–H and O–H groups in total. The molecule has 1 aliphatic rings. The van der Waals surface area contributed by atoms with E-state index in [0.29, 0.717) is 11.5 Å². The SMILES string of the molecule is Cn1c(-c2[c-]c(Oc3[c-]c(-n4c5ccccc5c5c6c(cnc54)Sc4ccccc4C6(c4ccccc4)c4ccccc4)ccc3)ccc2)nc2ccccc21.[Pd+2]. The van der Waals surface area contributed by atoms with Crippen molar-refractivity contribution in [2.75, 3.05) is 0 Å². The van der Waals surface area contributed by atoms with Crippen LogP contribution < -0.4 is 4.74 Å². The van der Waals surface area contributed by atoms with Crippen molar-refractivity contribution in [3.05, 3.63) is 210 Å². The Morgan fingerprint density at radius 3 is 2.04 bits per heavy atom. The number of benzene rings is 7. The van der Waals surface area contributed by atoms with Crippen molar-refractivity contribution in [3.63, 3.8) is 0 Å². The zero-order valence-electron chi connectivity index (χ0n) is 30.7. The van der Waals surface area contributed by atoms with Crippen molar-refractivity contribution < 1.29 is 25.2 Å². The van der Waals surface area contributed by atoms with E-state index in [-0.39, 0.29) is 20.4 Å². The van der Waals surface area contributed by atoms with Crippen LogP contribution in [0.3, 0.4) is 0 Å². The van der Waals surface area contributed by atoms with Gasteiger partial charge in [-0.2, -0.15) is 6.07 Å². The molecule has 3 aromatic heterocycles. The minimum atomic E-state index is -0.607. The van der Waals surface area contributed by atoms with Crippen molar-refractivity contribution in [2.45, 2.75) is 15.2 Å². The summed E-state index contributed by atoms with van der Waals surface area (Å²) in [7, 11) is 2.03. The van der Waals surface area contributed by atoms with Crippen LogP contribution in [0.1, 0.15) is 22.3 Å². The number of aromatic nitrogens is 4.